The van der Waals surface area contributed by atoms with Crippen molar-refractivity contribution in [3.8, 4) is 16.9 Å². The number of hydrogen-bond donors (Lipinski definition) is 2. The molecule has 5 heteroatoms. The van der Waals surface area contributed by atoms with E-state index in [1.165, 1.54) is 5.56 Å². The van der Waals surface area contributed by atoms with Crippen molar-refractivity contribution in [1.82, 2.24) is 20.4 Å². The van der Waals surface area contributed by atoms with E-state index in [1.54, 1.807) is 4.68 Å². The lowest BCUT2D eigenvalue weighted by atomic mass is 10.0. The van der Waals surface area contributed by atoms with Crippen molar-refractivity contribution in [2.24, 2.45) is 0 Å². The standard InChI is InChI=1S/C22H24N4O/c1-2-16-8-10-17(11-9-16)21-20(22(27)24-18-12-13-23-14-18)15-26(25-21)19-6-4-3-5-7-19/h3-11,15,18,23H,2,12-14H2,1H3,(H,24,27). The summed E-state index contributed by atoms with van der Waals surface area (Å²) in [5.74, 6) is -0.0690. The summed E-state index contributed by atoms with van der Waals surface area (Å²) >= 11 is 0. The number of carbonyl (C=O) groups is 1. The first-order valence-corrected chi connectivity index (χ1v) is 9.50. The minimum Gasteiger partial charge on any atom is -0.348 e. The molecule has 0 bridgehead atoms. The van der Waals surface area contributed by atoms with Crippen LogP contribution in [0.2, 0.25) is 0 Å². The Balaban J connectivity index is 1.72. The first-order valence-electron chi connectivity index (χ1n) is 9.50. The molecule has 1 aliphatic rings. The first kappa shape index (κ1) is 17.5. The highest BCUT2D eigenvalue weighted by atomic mass is 16.1. The van der Waals surface area contributed by atoms with E-state index in [-0.39, 0.29) is 11.9 Å². The zero-order chi connectivity index (χ0) is 18.6. The zero-order valence-electron chi connectivity index (χ0n) is 15.5. The molecule has 1 unspecified atom stereocenters. The SMILES string of the molecule is CCc1ccc(-c2nn(-c3ccccc3)cc2C(=O)NC2CCNC2)cc1. The van der Waals surface area contributed by atoms with Crippen molar-refractivity contribution >= 4 is 5.91 Å². The third kappa shape index (κ3) is 3.78. The van der Waals surface area contributed by atoms with Crippen molar-refractivity contribution < 1.29 is 4.79 Å². The molecule has 5 nitrogen and oxygen atoms in total. The van der Waals surface area contributed by atoms with E-state index >= 15 is 0 Å². The van der Waals surface area contributed by atoms with Gasteiger partial charge in [0.2, 0.25) is 0 Å². The van der Waals surface area contributed by atoms with E-state index in [2.05, 4.69) is 29.7 Å². The average molecular weight is 360 g/mol. The molecule has 0 saturated carbocycles. The molecule has 1 saturated heterocycles. The predicted octanol–water partition coefficient (Wildman–Crippen LogP) is 3.19. The molecular formula is C22H24N4O. The Morgan fingerprint density at radius 1 is 1.19 bits per heavy atom. The Kier molecular flexibility index (Phi) is 5.03. The summed E-state index contributed by atoms with van der Waals surface area (Å²) in [5.41, 5.74) is 4.48. The number of hydrogen-bond acceptors (Lipinski definition) is 3. The highest BCUT2D eigenvalue weighted by Crippen LogP contribution is 2.24. The van der Waals surface area contributed by atoms with Gasteiger partial charge in [-0.05, 0) is 37.1 Å². The van der Waals surface area contributed by atoms with Crippen LogP contribution in [0.3, 0.4) is 0 Å². The Morgan fingerprint density at radius 2 is 1.96 bits per heavy atom. The zero-order valence-corrected chi connectivity index (χ0v) is 15.5. The van der Waals surface area contributed by atoms with Crippen LogP contribution in [0.15, 0.2) is 60.8 Å². The molecule has 3 aromatic rings. The molecule has 138 valence electrons. The summed E-state index contributed by atoms with van der Waals surface area (Å²) in [6, 6.07) is 18.3. The van der Waals surface area contributed by atoms with Crippen LogP contribution in [0.5, 0.6) is 0 Å². The van der Waals surface area contributed by atoms with Gasteiger partial charge in [0.25, 0.3) is 5.91 Å². The van der Waals surface area contributed by atoms with Crippen molar-refractivity contribution in [2.45, 2.75) is 25.8 Å². The molecule has 0 radical (unpaired) electrons. The van der Waals surface area contributed by atoms with Crippen LogP contribution in [0.25, 0.3) is 16.9 Å². The maximum Gasteiger partial charge on any atom is 0.255 e. The maximum absolute atomic E-state index is 13.0. The van der Waals surface area contributed by atoms with Crippen molar-refractivity contribution in [2.75, 3.05) is 13.1 Å². The molecule has 0 spiro atoms. The van der Waals surface area contributed by atoms with Crippen LogP contribution in [-0.2, 0) is 6.42 Å². The number of aromatic nitrogens is 2. The predicted molar refractivity (Wildman–Crippen MR) is 107 cm³/mol. The second-order valence-corrected chi connectivity index (χ2v) is 6.89. The second kappa shape index (κ2) is 7.76. The maximum atomic E-state index is 13.0. The van der Waals surface area contributed by atoms with E-state index in [4.69, 9.17) is 5.10 Å². The van der Waals surface area contributed by atoms with Gasteiger partial charge in [-0.25, -0.2) is 4.68 Å². The lowest BCUT2D eigenvalue weighted by Gasteiger charge is -2.11. The number of nitrogens with one attached hydrogen (secondary N) is 2. The topological polar surface area (TPSA) is 59.0 Å². The number of carbonyl (C=O) groups excluding carboxylic acids is 1. The summed E-state index contributed by atoms with van der Waals surface area (Å²) in [4.78, 5) is 13.0. The van der Waals surface area contributed by atoms with Crippen LogP contribution in [0.1, 0.15) is 29.3 Å². The second-order valence-electron chi connectivity index (χ2n) is 6.89. The van der Waals surface area contributed by atoms with Crippen molar-refractivity contribution in [1.29, 1.82) is 0 Å². The largest absolute Gasteiger partial charge is 0.348 e. The Hall–Kier alpha value is -2.92. The fraction of sp³-hybridized carbons (Fsp3) is 0.273. The van der Waals surface area contributed by atoms with Gasteiger partial charge in [0.15, 0.2) is 0 Å². The van der Waals surface area contributed by atoms with E-state index in [1.807, 2.05) is 48.7 Å². The van der Waals surface area contributed by atoms with Crippen molar-refractivity contribution in [3.05, 3.63) is 71.9 Å². The molecule has 1 atom stereocenters. The van der Waals surface area contributed by atoms with Gasteiger partial charge in [0, 0.05) is 24.3 Å². The molecule has 4 rings (SSSR count). The molecule has 2 aromatic carbocycles. The fourth-order valence-corrected chi connectivity index (χ4v) is 3.41. The van der Waals surface area contributed by atoms with E-state index in [0.29, 0.717) is 11.3 Å². The number of benzene rings is 2. The van der Waals surface area contributed by atoms with Gasteiger partial charge in [-0.1, -0.05) is 49.4 Å². The van der Waals surface area contributed by atoms with Gasteiger partial charge < -0.3 is 10.6 Å². The molecule has 2 N–H and O–H groups in total. The minimum atomic E-state index is -0.0690. The quantitative estimate of drug-likeness (QED) is 0.735. The van der Waals surface area contributed by atoms with Crippen LogP contribution in [0, 0.1) is 0 Å². The normalized spacial score (nSPS) is 16.4. The first-order chi connectivity index (χ1) is 13.2. The number of para-hydroxylation sites is 1. The summed E-state index contributed by atoms with van der Waals surface area (Å²) in [7, 11) is 0. The minimum absolute atomic E-state index is 0.0690. The molecule has 1 amide bonds. The highest BCUT2D eigenvalue weighted by Gasteiger charge is 2.22. The monoisotopic (exact) mass is 360 g/mol. The van der Waals surface area contributed by atoms with Gasteiger partial charge in [-0.2, -0.15) is 5.10 Å². The Morgan fingerprint density at radius 3 is 2.63 bits per heavy atom. The van der Waals surface area contributed by atoms with Gasteiger partial charge in [0.05, 0.1) is 11.3 Å². The number of rotatable bonds is 5. The fourth-order valence-electron chi connectivity index (χ4n) is 3.41. The Labute approximate surface area is 159 Å². The van der Waals surface area contributed by atoms with Gasteiger partial charge in [0.1, 0.15) is 5.69 Å². The molecule has 1 fully saturated rings. The van der Waals surface area contributed by atoms with Crippen LogP contribution < -0.4 is 10.6 Å². The van der Waals surface area contributed by atoms with Crippen molar-refractivity contribution in [3.63, 3.8) is 0 Å². The third-order valence-corrected chi connectivity index (χ3v) is 5.01. The summed E-state index contributed by atoms with van der Waals surface area (Å²) < 4.78 is 1.78. The van der Waals surface area contributed by atoms with Gasteiger partial charge >= 0.3 is 0 Å². The molecule has 1 aromatic heterocycles. The van der Waals surface area contributed by atoms with E-state index in [0.717, 1.165) is 37.2 Å². The smallest absolute Gasteiger partial charge is 0.255 e. The lowest BCUT2D eigenvalue weighted by Crippen LogP contribution is -2.36. The third-order valence-electron chi connectivity index (χ3n) is 5.01. The van der Waals surface area contributed by atoms with E-state index in [9.17, 15) is 4.79 Å². The number of aryl methyl sites for hydroxylation is 1. The Bertz CT molecular complexity index is 909. The van der Waals surface area contributed by atoms with Crippen LogP contribution >= 0.6 is 0 Å². The summed E-state index contributed by atoms with van der Waals surface area (Å²) in [6.07, 6.45) is 3.77. The molecule has 1 aliphatic heterocycles. The van der Waals surface area contributed by atoms with Crippen LogP contribution in [0.4, 0.5) is 0 Å². The highest BCUT2D eigenvalue weighted by molar-refractivity contribution is 6.00. The van der Waals surface area contributed by atoms with Crippen LogP contribution in [-0.4, -0.2) is 34.8 Å². The average Bonchev–Trinajstić information content (AvgIpc) is 3.39. The summed E-state index contributed by atoms with van der Waals surface area (Å²) in [5, 5.41) is 11.2. The van der Waals surface area contributed by atoms with E-state index < -0.39 is 0 Å². The number of nitrogens with zero attached hydrogens (tertiary/aromatic N) is 2. The summed E-state index contributed by atoms with van der Waals surface area (Å²) in [6.45, 7) is 3.90. The molecule has 2 heterocycles. The number of amides is 1. The van der Waals surface area contributed by atoms with Gasteiger partial charge in [-0.15, -0.1) is 0 Å². The molecule has 27 heavy (non-hydrogen) atoms. The van der Waals surface area contributed by atoms with Gasteiger partial charge in [-0.3, -0.25) is 4.79 Å². The lowest BCUT2D eigenvalue weighted by molar-refractivity contribution is 0.0940. The molecule has 0 aliphatic carbocycles. The molecular weight excluding hydrogens is 336 g/mol.